The maximum Gasteiger partial charge on any atom is 0.0332 e. The molecule has 0 saturated heterocycles. The number of nitrogens with one attached hydrogen (secondary N) is 1. The summed E-state index contributed by atoms with van der Waals surface area (Å²) in [7, 11) is 2.23. The van der Waals surface area contributed by atoms with Crippen LogP contribution >= 0.6 is 11.8 Å². The highest BCUT2D eigenvalue weighted by molar-refractivity contribution is 7.98. The molecule has 3 heteroatoms. The SMILES string of the molecule is CCCNC(CCN(C)CCSC)c1cccc(C)c1. The molecule has 1 unspecified atom stereocenters. The van der Waals surface area contributed by atoms with E-state index in [1.165, 1.54) is 36.3 Å². The van der Waals surface area contributed by atoms with Crippen molar-refractivity contribution in [2.75, 3.05) is 38.7 Å². The Labute approximate surface area is 129 Å². The molecule has 0 aliphatic rings. The molecule has 0 heterocycles. The zero-order valence-electron chi connectivity index (χ0n) is 13.5. The second-order valence-corrected chi connectivity index (χ2v) is 6.49. The highest BCUT2D eigenvalue weighted by atomic mass is 32.2. The Balaban J connectivity index is 2.55. The van der Waals surface area contributed by atoms with Gasteiger partial charge >= 0.3 is 0 Å². The van der Waals surface area contributed by atoms with Crippen molar-refractivity contribution in [3.05, 3.63) is 35.4 Å². The first-order valence-corrected chi connectivity index (χ1v) is 9.04. The molecule has 1 aromatic rings. The van der Waals surface area contributed by atoms with Crippen molar-refractivity contribution in [3.63, 3.8) is 0 Å². The monoisotopic (exact) mass is 294 g/mol. The molecule has 0 fully saturated rings. The lowest BCUT2D eigenvalue weighted by Crippen LogP contribution is -2.29. The molecule has 1 atom stereocenters. The zero-order valence-corrected chi connectivity index (χ0v) is 14.3. The Kier molecular flexibility index (Phi) is 8.99. The molecule has 0 spiro atoms. The van der Waals surface area contributed by atoms with Gasteiger partial charge in [0.25, 0.3) is 0 Å². The van der Waals surface area contributed by atoms with E-state index >= 15 is 0 Å². The Hall–Kier alpha value is -0.510. The first kappa shape index (κ1) is 17.5. The van der Waals surface area contributed by atoms with Gasteiger partial charge in [0.15, 0.2) is 0 Å². The maximum absolute atomic E-state index is 3.69. The van der Waals surface area contributed by atoms with E-state index in [-0.39, 0.29) is 0 Å². The molecule has 114 valence electrons. The third-order valence-corrected chi connectivity index (χ3v) is 4.15. The van der Waals surface area contributed by atoms with E-state index in [0.717, 1.165) is 13.1 Å². The molecule has 0 aliphatic heterocycles. The fourth-order valence-corrected chi connectivity index (χ4v) is 2.79. The van der Waals surface area contributed by atoms with E-state index < -0.39 is 0 Å². The molecule has 1 rings (SSSR count). The number of rotatable bonds is 10. The third kappa shape index (κ3) is 6.78. The average Bonchev–Trinajstić information content (AvgIpc) is 2.45. The van der Waals surface area contributed by atoms with Crippen LogP contribution in [0.15, 0.2) is 24.3 Å². The predicted molar refractivity (Wildman–Crippen MR) is 92.7 cm³/mol. The number of benzene rings is 1. The second-order valence-electron chi connectivity index (χ2n) is 5.51. The van der Waals surface area contributed by atoms with Gasteiger partial charge in [0, 0.05) is 18.3 Å². The average molecular weight is 295 g/mol. The first-order valence-electron chi connectivity index (χ1n) is 7.64. The lowest BCUT2D eigenvalue weighted by atomic mass is 10.0. The molecule has 0 bridgehead atoms. The van der Waals surface area contributed by atoms with Gasteiger partial charge in [-0.1, -0.05) is 36.8 Å². The van der Waals surface area contributed by atoms with Crippen molar-refractivity contribution in [3.8, 4) is 0 Å². The minimum atomic E-state index is 0.478. The molecule has 0 amide bonds. The Morgan fingerprint density at radius 1 is 1.30 bits per heavy atom. The maximum atomic E-state index is 3.69. The van der Waals surface area contributed by atoms with E-state index in [4.69, 9.17) is 0 Å². The van der Waals surface area contributed by atoms with Crippen LogP contribution in [0.2, 0.25) is 0 Å². The highest BCUT2D eigenvalue weighted by Crippen LogP contribution is 2.18. The van der Waals surface area contributed by atoms with Gasteiger partial charge in [0.05, 0.1) is 0 Å². The van der Waals surface area contributed by atoms with Gasteiger partial charge in [-0.05, 0) is 51.7 Å². The van der Waals surface area contributed by atoms with Crippen LogP contribution in [0.4, 0.5) is 0 Å². The fourth-order valence-electron chi connectivity index (χ4n) is 2.30. The third-order valence-electron chi connectivity index (χ3n) is 3.56. The summed E-state index contributed by atoms with van der Waals surface area (Å²) in [4.78, 5) is 2.44. The molecule has 2 nitrogen and oxygen atoms in total. The molecule has 1 aromatic carbocycles. The van der Waals surface area contributed by atoms with Crippen molar-refractivity contribution in [1.29, 1.82) is 0 Å². The minimum absolute atomic E-state index is 0.478. The van der Waals surface area contributed by atoms with Crippen molar-refractivity contribution in [1.82, 2.24) is 10.2 Å². The molecule has 0 aliphatic carbocycles. The summed E-state index contributed by atoms with van der Waals surface area (Å²) in [5.74, 6) is 1.22. The molecule has 0 radical (unpaired) electrons. The first-order chi connectivity index (χ1) is 9.67. The van der Waals surface area contributed by atoms with Gasteiger partial charge in [-0.15, -0.1) is 0 Å². The van der Waals surface area contributed by atoms with Gasteiger partial charge in [-0.25, -0.2) is 0 Å². The van der Waals surface area contributed by atoms with Crippen LogP contribution in [0.25, 0.3) is 0 Å². The smallest absolute Gasteiger partial charge is 0.0332 e. The molecular formula is C17H30N2S. The molecule has 1 N–H and O–H groups in total. The number of hydrogen-bond acceptors (Lipinski definition) is 3. The van der Waals surface area contributed by atoms with Gasteiger partial charge in [0.2, 0.25) is 0 Å². The van der Waals surface area contributed by atoms with Gasteiger partial charge < -0.3 is 10.2 Å². The quantitative estimate of drug-likeness (QED) is 0.708. The van der Waals surface area contributed by atoms with Gasteiger partial charge in [0.1, 0.15) is 0 Å². The molecular weight excluding hydrogens is 264 g/mol. The second kappa shape index (κ2) is 10.3. The standard InChI is InChI=1S/C17H30N2S/c1-5-10-18-17(9-11-19(3)12-13-20-4)16-8-6-7-15(2)14-16/h6-8,14,17-18H,5,9-13H2,1-4H3. The van der Waals surface area contributed by atoms with Crippen molar-refractivity contribution < 1.29 is 0 Å². The predicted octanol–water partition coefficient (Wildman–Crippen LogP) is 3.72. The van der Waals surface area contributed by atoms with Crippen LogP contribution in [0.1, 0.15) is 36.9 Å². The van der Waals surface area contributed by atoms with Crippen LogP contribution in [-0.2, 0) is 0 Å². The van der Waals surface area contributed by atoms with E-state index in [0.29, 0.717) is 6.04 Å². The van der Waals surface area contributed by atoms with E-state index in [1.807, 2.05) is 11.8 Å². The van der Waals surface area contributed by atoms with Crippen LogP contribution in [0.5, 0.6) is 0 Å². The van der Waals surface area contributed by atoms with Crippen LogP contribution in [0, 0.1) is 6.92 Å². The topological polar surface area (TPSA) is 15.3 Å². The summed E-state index contributed by atoms with van der Waals surface area (Å²) in [6, 6.07) is 9.39. The lowest BCUT2D eigenvalue weighted by molar-refractivity contribution is 0.323. The van der Waals surface area contributed by atoms with Crippen LogP contribution in [0.3, 0.4) is 0 Å². The van der Waals surface area contributed by atoms with Crippen molar-refractivity contribution in [2.24, 2.45) is 0 Å². The minimum Gasteiger partial charge on any atom is -0.310 e. The van der Waals surface area contributed by atoms with E-state index in [2.05, 4.69) is 61.6 Å². The largest absolute Gasteiger partial charge is 0.310 e. The number of aryl methyl sites for hydroxylation is 1. The number of hydrogen-bond donors (Lipinski definition) is 1. The summed E-state index contributed by atoms with van der Waals surface area (Å²) in [5.41, 5.74) is 2.78. The van der Waals surface area contributed by atoms with Crippen molar-refractivity contribution in [2.45, 2.75) is 32.7 Å². The molecule has 0 aromatic heterocycles. The summed E-state index contributed by atoms with van der Waals surface area (Å²) >= 11 is 1.92. The van der Waals surface area contributed by atoms with Gasteiger partial charge in [-0.3, -0.25) is 0 Å². The number of thioether (sulfide) groups is 1. The fraction of sp³-hybridized carbons (Fsp3) is 0.647. The van der Waals surface area contributed by atoms with Gasteiger partial charge in [-0.2, -0.15) is 11.8 Å². The Bertz CT molecular complexity index is 368. The summed E-state index contributed by atoms with van der Waals surface area (Å²) in [6.45, 7) is 7.81. The van der Waals surface area contributed by atoms with Crippen LogP contribution in [-0.4, -0.2) is 43.6 Å². The normalized spacial score (nSPS) is 12.8. The lowest BCUT2D eigenvalue weighted by Gasteiger charge is -2.23. The Morgan fingerprint density at radius 3 is 2.75 bits per heavy atom. The highest BCUT2D eigenvalue weighted by Gasteiger charge is 2.11. The molecule has 0 saturated carbocycles. The summed E-state index contributed by atoms with van der Waals surface area (Å²) in [6.07, 6.45) is 4.53. The van der Waals surface area contributed by atoms with E-state index in [9.17, 15) is 0 Å². The Morgan fingerprint density at radius 2 is 2.10 bits per heavy atom. The molecule has 20 heavy (non-hydrogen) atoms. The van der Waals surface area contributed by atoms with E-state index in [1.54, 1.807) is 0 Å². The summed E-state index contributed by atoms with van der Waals surface area (Å²) in [5, 5.41) is 3.69. The zero-order chi connectivity index (χ0) is 14.8. The van der Waals surface area contributed by atoms with Crippen molar-refractivity contribution >= 4 is 11.8 Å². The van der Waals surface area contributed by atoms with Crippen LogP contribution < -0.4 is 5.32 Å². The number of nitrogens with zero attached hydrogens (tertiary/aromatic N) is 1. The summed E-state index contributed by atoms with van der Waals surface area (Å²) < 4.78 is 0.